The lowest BCUT2D eigenvalue weighted by atomic mass is 9.93. The third kappa shape index (κ3) is 5.25. The summed E-state index contributed by atoms with van der Waals surface area (Å²) in [5.74, 6) is -4.80. The number of nitrogens with zero attached hydrogens (tertiary/aromatic N) is 2. The predicted molar refractivity (Wildman–Crippen MR) is 141 cm³/mol. The number of pyridine rings is 1. The Morgan fingerprint density at radius 3 is 2.39 bits per heavy atom. The van der Waals surface area contributed by atoms with Crippen LogP contribution in [-0.2, 0) is 16.4 Å². The summed E-state index contributed by atoms with van der Waals surface area (Å²) in [4.78, 5) is 18.9. The van der Waals surface area contributed by atoms with Crippen LogP contribution in [0.2, 0.25) is 5.02 Å². The lowest BCUT2D eigenvalue weighted by Crippen LogP contribution is -2.59. The molecular formula is C29H30ClF2N3O3. The van der Waals surface area contributed by atoms with Gasteiger partial charge in [-0.1, -0.05) is 48.0 Å². The summed E-state index contributed by atoms with van der Waals surface area (Å²) in [6.45, 7) is 2.64. The molecule has 1 saturated carbocycles. The van der Waals surface area contributed by atoms with Crippen LogP contribution in [0.5, 0.6) is 5.75 Å². The molecule has 2 N–H and O–H groups in total. The number of carbonyl (C=O) groups excluding carboxylic acids is 1. The van der Waals surface area contributed by atoms with E-state index in [2.05, 4.69) is 10.3 Å². The van der Waals surface area contributed by atoms with Crippen LogP contribution in [0.3, 0.4) is 0 Å². The van der Waals surface area contributed by atoms with Crippen LogP contribution in [0.1, 0.15) is 43.7 Å². The fraction of sp³-hybridized carbons (Fsp3) is 0.379. The van der Waals surface area contributed by atoms with Crippen molar-refractivity contribution in [1.82, 2.24) is 15.2 Å². The van der Waals surface area contributed by atoms with Gasteiger partial charge in [-0.25, -0.2) is 0 Å². The van der Waals surface area contributed by atoms with Gasteiger partial charge in [-0.05, 0) is 56.9 Å². The summed E-state index contributed by atoms with van der Waals surface area (Å²) in [5, 5.41) is 14.7. The first-order valence-corrected chi connectivity index (χ1v) is 13.2. The highest BCUT2D eigenvalue weighted by molar-refractivity contribution is 6.32. The van der Waals surface area contributed by atoms with Crippen molar-refractivity contribution < 1.29 is 23.4 Å². The minimum Gasteiger partial charge on any atom is -0.489 e. The maximum Gasteiger partial charge on any atom is 0.349 e. The number of carbonyl (C=O) groups is 1. The highest BCUT2D eigenvalue weighted by Crippen LogP contribution is 2.39. The lowest BCUT2D eigenvalue weighted by Gasteiger charge is -2.42. The van der Waals surface area contributed by atoms with E-state index in [1.54, 1.807) is 41.4 Å². The smallest absolute Gasteiger partial charge is 0.349 e. The molecule has 6 nitrogen and oxygen atoms in total. The molecule has 0 bridgehead atoms. The van der Waals surface area contributed by atoms with E-state index in [0.717, 1.165) is 25.7 Å². The quantitative estimate of drug-likeness (QED) is 0.375. The number of benzene rings is 2. The second-order valence-electron chi connectivity index (χ2n) is 9.94. The molecule has 2 heterocycles. The molecule has 1 amide bonds. The number of nitrogens with one attached hydrogen (secondary N) is 1. The molecule has 5 rings (SSSR count). The molecular weight excluding hydrogens is 512 g/mol. The Bertz CT molecular complexity index is 1280. The first-order chi connectivity index (χ1) is 18.2. The second-order valence-corrected chi connectivity index (χ2v) is 10.4. The van der Waals surface area contributed by atoms with Crippen LogP contribution >= 0.6 is 11.6 Å². The number of halogens is 3. The van der Waals surface area contributed by atoms with E-state index in [1.807, 2.05) is 6.07 Å². The Labute approximate surface area is 225 Å². The van der Waals surface area contributed by atoms with Gasteiger partial charge in [0.2, 0.25) is 0 Å². The third-order valence-corrected chi connectivity index (χ3v) is 7.50. The normalized spacial score (nSPS) is 18.6. The monoisotopic (exact) mass is 541 g/mol. The summed E-state index contributed by atoms with van der Waals surface area (Å²) in [6, 6.07) is 14.7. The largest absolute Gasteiger partial charge is 0.489 e. The molecule has 1 aliphatic carbocycles. The molecule has 200 valence electrons. The van der Waals surface area contributed by atoms with Gasteiger partial charge in [-0.3, -0.25) is 14.7 Å². The zero-order valence-electron chi connectivity index (χ0n) is 21.0. The van der Waals surface area contributed by atoms with Gasteiger partial charge in [0, 0.05) is 36.0 Å². The molecule has 9 heteroatoms. The van der Waals surface area contributed by atoms with Gasteiger partial charge in [0.15, 0.2) is 5.72 Å². The molecule has 2 aromatic carbocycles. The number of hydrogen-bond acceptors (Lipinski definition) is 5. The van der Waals surface area contributed by atoms with Crippen LogP contribution in [0, 0.1) is 0 Å². The van der Waals surface area contributed by atoms with Crippen molar-refractivity contribution in [1.29, 1.82) is 0 Å². The van der Waals surface area contributed by atoms with Crippen molar-refractivity contribution in [3.8, 4) is 17.0 Å². The van der Waals surface area contributed by atoms with E-state index in [4.69, 9.17) is 16.3 Å². The van der Waals surface area contributed by atoms with Crippen molar-refractivity contribution in [2.45, 2.75) is 56.4 Å². The highest BCUT2D eigenvalue weighted by atomic mass is 35.5. The Morgan fingerprint density at radius 2 is 1.79 bits per heavy atom. The number of likely N-dealkylation sites (tertiary alicyclic amines) is 1. The van der Waals surface area contributed by atoms with E-state index in [1.165, 1.54) is 31.2 Å². The van der Waals surface area contributed by atoms with Crippen LogP contribution in [-0.4, -0.2) is 46.1 Å². The summed E-state index contributed by atoms with van der Waals surface area (Å²) >= 11 is 6.47. The molecule has 1 saturated heterocycles. The summed E-state index contributed by atoms with van der Waals surface area (Å²) in [7, 11) is 0. The molecule has 2 atom stereocenters. The number of aliphatic hydroxyl groups is 1. The standard InChI is InChI=1S/C29H30ClF2N3O3/c1-19(34-27(36)28(31,32)21-9-7-20(8-10-21)25-6-2-3-15-33-25)29(37,35-16-4-5-17-35)22-11-14-26(24(30)18-22)38-23-12-13-23/h2-3,6-11,14-15,18-19,23,37H,4-5,12-13,16-17H2,1H3,(H,34,36)/t19-,29+/m1/s1. The summed E-state index contributed by atoms with van der Waals surface area (Å²) < 4.78 is 36.4. The van der Waals surface area contributed by atoms with Gasteiger partial charge in [0.1, 0.15) is 5.75 Å². The number of ether oxygens (including phenoxy) is 1. The fourth-order valence-corrected chi connectivity index (χ4v) is 5.08. The molecule has 0 unspecified atom stereocenters. The van der Waals surface area contributed by atoms with E-state index >= 15 is 8.78 Å². The predicted octanol–water partition coefficient (Wildman–Crippen LogP) is 5.48. The van der Waals surface area contributed by atoms with E-state index in [0.29, 0.717) is 40.7 Å². The Morgan fingerprint density at radius 1 is 1.11 bits per heavy atom. The van der Waals surface area contributed by atoms with Gasteiger partial charge in [0.05, 0.1) is 22.9 Å². The lowest BCUT2D eigenvalue weighted by molar-refractivity contribution is -0.159. The van der Waals surface area contributed by atoms with Crippen LogP contribution < -0.4 is 10.1 Å². The van der Waals surface area contributed by atoms with Crippen LogP contribution in [0.15, 0.2) is 66.9 Å². The van der Waals surface area contributed by atoms with Crippen molar-refractivity contribution in [3.63, 3.8) is 0 Å². The van der Waals surface area contributed by atoms with Gasteiger partial charge in [-0.2, -0.15) is 8.78 Å². The SMILES string of the molecule is C[C@@H](NC(=O)C(F)(F)c1ccc(-c2ccccn2)cc1)[C@](O)(c1ccc(OC2CC2)c(Cl)c1)N1CCCC1. The van der Waals surface area contributed by atoms with Gasteiger partial charge in [0.25, 0.3) is 5.91 Å². The highest BCUT2D eigenvalue weighted by Gasteiger charge is 2.48. The molecule has 1 aliphatic heterocycles. The van der Waals surface area contributed by atoms with Gasteiger partial charge >= 0.3 is 5.92 Å². The maximum atomic E-state index is 15.3. The minimum atomic E-state index is -3.82. The summed E-state index contributed by atoms with van der Waals surface area (Å²) in [6.07, 6.45) is 5.40. The van der Waals surface area contributed by atoms with Crippen molar-refractivity contribution in [3.05, 3.63) is 83.0 Å². The zero-order valence-corrected chi connectivity index (χ0v) is 21.8. The first kappa shape index (κ1) is 26.5. The first-order valence-electron chi connectivity index (χ1n) is 12.8. The van der Waals surface area contributed by atoms with E-state index in [9.17, 15) is 9.90 Å². The Kier molecular flexibility index (Phi) is 7.40. The molecule has 2 fully saturated rings. The fourth-order valence-electron chi connectivity index (χ4n) is 4.86. The van der Waals surface area contributed by atoms with Crippen molar-refractivity contribution in [2.24, 2.45) is 0 Å². The van der Waals surface area contributed by atoms with Gasteiger partial charge in [-0.15, -0.1) is 0 Å². The van der Waals surface area contributed by atoms with E-state index in [-0.39, 0.29) is 6.10 Å². The number of aromatic nitrogens is 1. The molecule has 3 aromatic rings. The van der Waals surface area contributed by atoms with Crippen LogP contribution in [0.4, 0.5) is 8.78 Å². The molecule has 0 radical (unpaired) electrons. The minimum absolute atomic E-state index is 0.147. The second kappa shape index (κ2) is 10.6. The topological polar surface area (TPSA) is 74.7 Å². The average molecular weight is 542 g/mol. The average Bonchev–Trinajstić information content (AvgIpc) is 3.57. The number of hydrogen-bond donors (Lipinski definition) is 2. The molecule has 38 heavy (non-hydrogen) atoms. The molecule has 1 aromatic heterocycles. The van der Waals surface area contributed by atoms with Crippen molar-refractivity contribution >= 4 is 17.5 Å². The maximum absolute atomic E-state index is 15.3. The molecule has 0 spiro atoms. The Balaban J connectivity index is 1.37. The Hall–Kier alpha value is -3.07. The third-order valence-electron chi connectivity index (χ3n) is 7.21. The van der Waals surface area contributed by atoms with Crippen molar-refractivity contribution in [2.75, 3.05) is 13.1 Å². The zero-order chi connectivity index (χ0) is 26.9. The number of amides is 1. The van der Waals surface area contributed by atoms with E-state index < -0.39 is 29.2 Å². The number of rotatable bonds is 9. The van der Waals surface area contributed by atoms with Crippen LogP contribution in [0.25, 0.3) is 11.3 Å². The van der Waals surface area contributed by atoms with Gasteiger partial charge < -0.3 is 15.2 Å². The summed E-state index contributed by atoms with van der Waals surface area (Å²) in [5.41, 5.74) is -0.483. The number of alkyl halides is 2. The molecule has 2 aliphatic rings.